The predicted octanol–water partition coefficient (Wildman–Crippen LogP) is 2.39. The van der Waals surface area contributed by atoms with Gasteiger partial charge < -0.3 is 10.6 Å². The van der Waals surface area contributed by atoms with Crippen molar-refractivity contribution in [3.05, 3.63) is 27.7 Å². The molecule has 0 aliphatic carbocycles. The maximum Gasteiger partial charge on any atom is 0.191 e. The van der Waals surface area contributed by atoms with Crippen LogP contribution in [0.1, 0.15) is 28.9 Å². The van der Waals surface area contributed by atoms with Gasteiger partial charge in [0.2, 0.25) is 0 Å². The van der Waals surface area contributed by atoms with Gasteiger partial charge in [-0.15, -0.1) is 11.3 Å². The summed E-state index contributed by atoms with van der Waals surface area (Å²) in [4.78, 5) is 9.95. The minimum Gasteiger partial charge on any atom is -0.356 e. The molecule has 0 aromatic carbocycles. The van der Waals surface area contributed by atoms with Gasteiger partial charge >= 0.3 is 0 Å². The molecule has 0 unspecified atom stereocenters. The van der Waals surface area contributed by atoms with E-state index in [4.69, 9.17) is 0 Å². The van der Waals surface area contributed by atoms with Gasteiger partial charge in [0.25, 0.3) is 0 Å². The Hall–Kier alpha value is -1.36. The molecule has 0 radical (unpaired) electrons. The fourth-order valence-electron chi connectivity index (χ4n) is 1.44. The van der Waals surface area contributed by atoms with Crippen molar-refractivity contribution >= 4 is 17.3 Å². The average molecular weight is 266 g/mol. The molecule has 0 fully saturated rings. The summed E-state index contributed by atoms with van der Waals surface area (Å²) in [7, 11) is 1.78. The number of allylic oxidation sites excluding steroid dienone is 1. The van der Waals surface area contributed by atoms with Gasteiger partial charge in [-0.2, -0.15) is 0 Å². The molecular weight excluding hydrogens is 244 g/mol. The summed E-state index contributed by atoms with van der Waals surface area (Å²) < 4.78 is 0. The first kappa shape index (κ1) is 14.7. The van der Waals surface area contributed by atoms with Crippen LogP contribution in [-0.2, 0) is 6.54 Å². The molecule has 0 saturated carbocycles. The molecule has 0 atom stereocenters. The third-order valence-corrected chi connectivity index (χ3v) is 3.62. The Morgan fingerprint density at radius 1 is 1.39 bits per heavy atom. The van der Waals surface area contributed by atoms with Crippen molar-refractivity contribution in [2.45, 2.75) is 33.7 Å². The van der Waals surface area contributed by atoms with E-state index in [1.165, 1.54) is 4.88 Å². The molecule has 4 nitrogen and oxygen atoms in total. The quantitative estimate of drug-likeness (QED) is 0.372. The Bertz CT molecular complexity index is 401. The van der Waals surface area contributed by atoms with Crippen LogP contribution in [-0.4, -0.2) is 24.5 Å². The summed E-state index contributed by atoms with van der Waals surface area (Å²) in [6, 6.07) is 0. The van der Waals surface area contributed by atoms with Crippen molar-refractivity contribution < 1.29 is 0 Å². The van der Waals surface area contributed by atoms with Gasteiger partial charge in [-0.1, -0.05) is 12.2 Å². The summed E-state index contributed by atoms with van der Waals surface area (Å²) in [5, 5.41) is 7.62. The van der Waals surface area contributed by atoms with E-state index in [-0.39, 0.29) is 0 Å². The lowest BCUT2D eigenvalue weighted by atomic mass is 10.4. The fraction of sp³-hybridized carbons (Fsp3) is 0.538. The second-order valence-electron chi connectivity index (χ2n) is 3.96. The van der Waals surface area contributed by atoms with E-state index in [1.807, 2.05) is 13.8 Å². The monoisotopic (exact) mass is 266 g/mol. The summed E-state index contributed by atoms with van der Waals surface area (Å²) in [6.45, 7) is 7.78. The molecule has 1 aromatic rings. The Morgan fingerprint density at radius 3 is 2.72 bits per heavy atom. The summed E-state index contributed by atoms with van der Waals surface area (Å²) in [5.74, 6) is 0.824. The maximum atomic E-state index is 4.49. The van der Waals surface area contributed by atoms with Crippen molar-refractivity contribution in [3.63, 3.8) is 0 Å². The lowest BCUT2D eigenvalue weighted by Crippen LogP contribution is -2.37. The molecule has 1 rings (SSSR count). The standard InChI is InChI=1S/C13H22N4S/c1-5-6-7-8-15-13(14-4)16-9-12-17-10(2)11(3)18-12/h5-6H,7-9H2,1-4H3,(H2,14,15,16)/b6-5+. The average Bonchev–Trinajstić information content (AvgIpc) is 2.68. The number of hydrogen-bond acceptors (Lipinski definition) is 3. The van der Waals surface area contributed by atoms with E-state index in [0.29, 0.717) is 0 Å². The number of nitrogens with one attached hydrogen (secondary N) is 2. The van der Waals surface area contributed by atoms with Crippen LogP contribution < -0.4 is 10.6 Å². The van der Waals surface area contributed by atoms with Gasteiger partial charge in [-0.3, -0.25) is 4.99 Å². The van der Waals surface area contributed by atoms with Crippen LogP contribution in [0.2, 0.25) is 0 Å². The number of rotatable bonds is 5. The highest BCUT2D eigenvalue weighted by Gasteiger charge is 2.04. The predicted molar refractivity (Wildman–Crippen MR) is 79.2 cm³/mol. The lowest BCUT2D eigenvalue weighted by Gasteiger charge is -2.09. The number of aromatic nitrogens is 1. The van der Waals surface area contributed by atoms with Gasteiger partial charge in [0, 0.05) is 18.5 Å². The van der Waals surface area contributed by atoms with E-state index < -0.39 is 0 Å². The number of nitrogens with zero attached hydrogens (tertiary/aromatic N) is 2. The Labute approximate surface area is 113 Å². The molecule has 0 saturated heterocycles. The minimum absolute atomic E-state index is 0.725. The van der Waals surface area contributed by atoms with Gasteiger partial charge in [0.05, 0.1) is 12.2 Å². The molecule has 1 aromatic heterocycles. The van der Waals surface area contributed by atoms with Crippen molar-refractivity contribution in [1.82, 2.24) is 15.6 Å². The van der Waals surface area contributed by atoms with Crippen LogP contribution in [0.25, 0.3) is 0 Å². The van der Waals surface area contributed by atoms with Crippen LogP contribution in [0.3, 0.4) is 0 Å². The molecular formula is C13H22N4S. The molecule has 5 heteroatoms. The third kappa shape index (κ3) is 4.87. The summed E-state index contributed by atoms with van der Waals surface area (Å²) in [6.07, 6.45) is 5.19. The Kier molecular flexibility index (Phi) is 6.43. The van der Waals surface area contributed by atoms with Crippen LogP contribution in [0.4, 0.5) is 0 Å². The highest BCUT2D eigenvalue weighted by molar-refractivity contribution is 7.11. The van der Waals surface area contributed by atoms with Gasteiger partial charge in [0.1, 0.15) is 5.01 Å². The van der Waals surface area contributed by atoms with E-state index in [9.17, 15) is 0 Å². The van der Waals surface area contributed by atoms with Gasteiger partial charge in [-0.25, -0.2) is 4.98 Å². The van der Waals surface area contributed by atoms with E-state index in [1.54, 1.807) is 18.4 Å². The Balaban J connectivity index is 2.35. The zero-order valence-corrected chi connectivity index (χ0v) is 12.4. The molecule has 1 heterocycles. The fourth-order valence-corrected chi connectivity index (χ4v) is 2.31. The Morgan fingerprint density at radius 2 is 2.17 bits per heavy atom. The maximum absolute atomic E-state index is 4.49. The number of hydrogen-bond donors (Lipinski definition) is 2. The largest absolute Gasteiger partial charge is 0.356 e. The van der Waals surface area contributed by atoms with Crippen molar-refractivity contribution in [2.24, 2.45) is 4.99 Å². The number of aryl methyl sites for hydroxylation is 2. The molecule has 0 spiro atoms. The van der Waals surface area contributed by atoms with Crippen molar-refractivity contribution in [1.29, 1.82) is 0 Å². The first-order valence-electron chi connectivity index (χ1n) is 6.16. The zero-order valence-electron chi connectivity index (χ0n) is 11.6. The van der Waals surface area contributed by atoms with Gasteiger partial charge in [0.15, 0.2) is 5.96 Å². The van der Waals surface area contributed by atoms with Crippen LogP contribution in [0.15, 0.2) is 17.1 Å². The van der Waals surface area contributed by atoms with E-state index in [0.717, 1.165) is 36.2 Å². The van der Waals surface area contributed by atoms with Crippen LogP contribution in [0.5, 0.6) is 0 Å². The third-order valence-electron chi connectivity index (χ3n) is 2.54. The first-order chi connectivity index (χ1) is 8.67. The van der Waals surface area contributed by atoms with Crippen LogP contribution in [0, 0.1) is 13.8 Å². The number of thiazole rings is 1. The molecule has 0 aliphatic rings. The van der Waals surface area contributed by atoms with E-state index >= 15 is 0 Å². The second-order valence-corrected chi connectivity index (χ2v) is 5.25. The molecule has 100 valence electrons. The van der Waals surface area contributed by atoms with Crippen molar-refractivity contribution in [2.75, 3.05) is 13.6 Å². The van der Waals surface area contributed by atoms with E-state index in [2.05, 4.69) is 39.7 Å². The molecule has 0 amide bonds. The normalized spacial score (nSPS) is 12.1. The molecule has 2 N–H and O–H groups in total. The minimum atomic E-state index is 0.725. The zero-order chi connectivity index (χ0) is 13.4. The second kappa shape index (κ2) is 7.87. The van der Waals surface area contributed by atoms with Gasteiger partial charge in [-0.05, 0) is 27.2 Å². The van der Waals surface area contributed by atoms with Crippen molar-refractivity contribution in [3.8, 4) is 0 Å². The number of aliphatic imine (C=N–C) groups is 1. The SMILES string of the molecule is C/C=C/CCNC(=NC)NCc1nc(C)c(C)s1. The molecule has 0 aliphatic heterocycles. The lowest BCUT2D eigenvalue weighted by molar-refractivity contribution is 0.799. The summed E-state index contributed by atoms with van der Waals surface area (Å²) in [5.41, 5.74) is 1.12. The molecule has 18 heavy (non-hydrogen) atoms. The topological polar surface area (TPSA) is 49.3 Å². The highest BCUT2D eigenvalue weighted by Crippen LogP contribution is 2.15. The highest BCUT2D eigenvalue weighted by atomic mass is 32.1. The molecule has 0 bridgehead atoms. The van der Waals surface area contributed by atoms with Crippen LogP contribution >= 0.6 is 11.3 Å². The summed E-state index contributed by atoms with van der Waals surface area (Å²) >= 11 is 1.73. The smallest absolute Gasteiger partial charge is 0.191 e. The number of guanidine groups is 1. The first-order valence-corrected chi connectivity index (χ1v) is 6.97.